The quantitative estimate of drug-likeness (QED) is 0.804. The van der Waals surface area contributed by atoms with Gasteiger partial charge in [0.2, 0.25) is 15.9 Å². The second-order valence-electron chi connectivity index (χ2n) is 7.41. The molecular formula is C20H26N2O3S. The Labute approximate surface area is 155 Å². The van der Waals surface area contributed by atoms with Gasteiger partial charge in [0.25, 0.3) is 0 Å². The highest BCUT2D eigenvalue weighted by Crippen LogP contribution is 2.24. The van der Waals surface area contributed by atoms with Crippen molar-refractivity contribution < 1.29 is 13.2 Å². The highest BCUT2D eigenvalue weighted by Gasteiger charge is 2.13. The Hall–Kier alpha value is -2.34. The molecule has 5 nitrogen and oxygen atoms in total. The highest BCUT2D eigenvalue weighted by molar-refractivity contribution is 7.92. The standard InChI is InChI=1S/C20H26N2O3S/c1-20(2,3)16-12-9-15(10-13-16)11-14-19(23)21-17-7-5-6-8-18(17)22-26(4,24)25/h5-10,12-13,22H,11,14H2,1-4H3,(H,21,23). The van der Waals surface area contributed by atoms with Gasteiger partial charge in [-0.1, -0.05) is 57.2 Å². The van der Waals surface area contributed by atoms with Crippen molar-refractivity contribution in [2.24, 2.45) is 0 Å². The van der Waals surface area contributed by atoms with Crippen LogP contribution in [0.2, 0.25) is 0 Å². The van der Waals surface area contributed by atoms with E-state index in [9.17, 15) is 13.2 Å². The molecule has 6 heteroatoms. The van der Waals surface area contributed by atoms with Crippen molar-refractivity contribution in [1.29, 1.82) is 0 Å². The van der Waals surface area contributed by atoms with Crippen LogP contribution in [0, 0.1) is 0 Å². The van der Waals surface area contributed by atoms with Crippen molar-refractivity contribution in [1.82, 2.24) is 0 Å². The molecule has 0 bridgehead atoms. The number of carbonyl (C=O) groups is 1. The molecule has 2 aromatic carbocycles. The average molecular weight is 375 g/mol. The number of nitrogens with one attached hydrogen (secondary N) is 2. The smallest absolute Gasteiger partial charge is 0.229 e. The molecule has 1 amide bonds. The van der Waals surface area contributed by atoms with E-state index in [-0.39, 0.29) is 11.3 Å². The lowest BCUT2D eigenvalue weighted by molar-refractivity contribution is -0.116. The molecule has 0 saturated carbocycles. The van der Waals surface area contributed by atoms with Crippen LogP contribution in [0.25, 0.3) is 0 Å². The highest BCUT2D eigenvalue weighted by atomic mass is 32.2. The summed E-state index contributed by atoms with van der Waals surface area (Å²) in [4.78, 5) is 12.2. The molecule has 0 saturated heterocycles. The number of aryl methyl sites for hydroxylation is 1. The summed E-state index contributed by atoms with van der Waals surface area (Å²) < 4.78 is 25.3. The number of rotatable bonds is 6. The molecule has 0 aliphatic heterocycles. The maximum atomic E-state index is 12.2. The average Bonchev–Trinajstić information content (AvgIpc) is 2.53. The number of para-hydroxylation sites is 2. The number of anilines is 2. The molecule has 0 radical (unpaired) electrons. The van der Waals surface area contributed by atoms with Crippen LogP contribution in [-0.4, -0.2) is 20.6 Å². The number of sulfonamides is 1. The molecule has 2 aromatic rings. The number of hydrogen-bond acceptors (Lipinski definition) is 3. The summed E-state index contributed by atoms with van der Waals surface area (Å²) in [5.41, 5.74) is 3.26. The Morgan fingerprint density at radius 1 is 0.962 bits per heavy atom. The van der Waals surface area contributed by atoms with Gasteiger partial charge in [0.05, 0.1) is 17.6 Å². The predicted octanol–water partition coefficient (Wildman–Crippen LogP) is 3.93. The Morgan fingerprint density at radius 3 is 2.08 bits per heavy atom. The Balaban J connectivity index is 1.97. The molecular weight excluding hydrogens is 348 g/mol. The molecule has 140 valence electrons. The molecule has 0 atom stereocenters. The van der Waals surface area contributed by atoms with Crippen molar-refractivity contribution >= 4 is 27.3 Å². The third kappa shape index (κ3) is 6.19. The molecule has 2 rings (SSSR count). The Kier molecular flexibility index (Phi) is 6.08. The maximum Gasteiger partial charge on any atom is 0.229 e. The maximum absolute atomic E-state index is 12.2. The van der Waals surface area contributed by atoms with E-state index in [4.69, 9.17) is 0 Å². The summed E-state index contributed by atoms with van der Waals surface area (Å²) in [7, 11) is -3.41. The van der Waals surface area contributed by atoms with Gasteiger partial charge in [-0.05, 0) is 35.1 Å². The van der Waals surface area contributed by atoms with E-state index in [1.54, 1.807) is 24.3 Å². The van der Waals surface area contributed by atoms with Gasteiger partial charge in [-0.15, -0.1) is 0 Å². The van der Waals surface area contributed by atoms with Crippen LogP contribution >= 0.6 is 0 Å². The second-order valence-corrected chi connectivity index (χ2v) is 9.16. The van der Waals surface area contributed by atoms with Crippen molar-refractivity contribution in [3.8, 4) is 0 Å². The number of carbonyl (C=O) groups excluding carboxylic acids is 1. The van der Waals surface area contributed by atoms with Crippen LogP contribution in [0.15, 0.2) is 48.5 Å². The van der Waals surface area contributed by atoms with Crippen LogP contribution in [0.1, 0.15) is 38.3 Å². The molecule has 0 aliphatic carbocycles. The lowest BCUT2D eigenvalue weighted by Gasteiger charge is -2.19. The molecule has 0 aliphatic rings. The van der Waals surface area contributed by atoms with E-state index in [0.717, 1.165) is 11.8 Å². The van der Waals surface area contributed by atoms with E-state index in [1.807, 2.05) is 12.1 Å². The lowest BCUT2D eigenvalue weighted by Crippen LogP contribution is -2.16. The van der Waals surface area contributed by atoms with Crippen molar-refractivity contribution in [3.63, 3.8) is 0 Å². The first-order valence-corrected chi connectivity index (χ1v) is 10.4. The predicted molar refractivity (Wildman–Crippen MR) is 107 cm³/mol. The van der Waals surface area contributed by atoms with Gasteiger partial charge in [-0.25, -0.2) is 8.42 Å². The topological polar surface area (TPSA) is 75.3 Å². The minimum Gasteiger partial charge on any atom is -0.324 e. The summed E-state index contributed by atoms with van der Waals surface area (Å²) >= 11 is 0. The summed E-state index contributed by atoms with van der Waals surface area (Å²) in [6, 6.07) is 15.0. The number of benzene rings is 2. The zero-order valence-electron chi connectivity index (χ0n) is 15.7. The van der Waals surface area contributed by atoms with Crippen molar-refractivity contribution in [2.45, 2.75) is 39.0 Å². The zero-order chi connectivity index (χ0) is 19.4. The first-order chi connectivity index (χ1) is 12.0. The molecule has 26 heavy (non-hydrogen) atoms. The van der Waals surface area contributed by atoms with Gasteiger partial charge >= 0.3 is 0 Å². The fourth-order valence-electron chi connectivity index (χ4n) is 2.52. The summed E-state index contributed by atoms with van der Waals surface area (Å²) in [6.07, 6.45) is 2.02. The second kappa shape index (κ2) is 7.91. The number of hydrogen-bond donors (Lipinski definition) is 2. The first-order valence-electron chi connectivity index (χ1n) is 8.51. The molecule has 0 fully saturated rings. The van der Waals surface area contributed by atoms with Gasteiger partial charge in [0, 0.05) is 6.42 Å². The van der Waals surface area contributed by atoms with Gasteiger partial charge in [0.15, 0.2) is 0 Å². The van der Waals surface area contributed by atoms with E-state index in [1.165, 1.54) is 5.56 Å². The van der Waals surface area contributed by atoms with Crippen molar-refractivity contribution in [2.75, 3.05) is 16.3 Å². The molecule has 0 unspecified atom stereocenters. The fourth-order valence-corrected chi connectivity index (χ4v) is 3.10. The summed E-state index contributed by atoms with van der Waals surface area (Å²) in [5, 5.41) is 2.77. The van der Waals surface area contributed by atoms with Crippen LogP contribution < -0.4 is 10.0 Å². The normalized spacial score (nSPS) is 11.8. The van der Waals surface area contributed by atoms with Gasteiger partial charge in [0.1, 0.15) is 0 Å². The molecule has 0 spiro atoms. The Bertz CT molecular complexity index is 867. The number of amides is 1. The van der Waals surface area contributed by atoms with Crippen LogP contribution in [-0.2, 0) is 26.7 Å². The third-order valence-electron chi connectivity index (χ3n) is 3.96. The SMILES string of the molecule is CC(C)(C)c1ccc(CCC(=O)Nc2ccccc2NS(C)(=O)=O)cc1. The largest absolute Gasteiger partial charge is 0.324 e. The zero-order valence-corrected chi connectivity index (χ0v) is 16.5. The van der Waals surface area contributed by atoms with Crippen LogP contribution in [0.5, 0.6) is 0 Å². The Morgan fingerprint density at radius 2 is 1.54 bits per heavy atom. The van der Waals surface area contributed by atoms with Gasteiger partial charge in [-0.3, -0.25) is 9.52 Å². The van der Waals surface area contributed by atoms with E-state index in [2.05, 4.69) is 42.9 Å². The molecule has 0 heterocycles. The lowest BCUT2D eigenvalue weighted by atomic mass is 9.86. The van der Waals surface area contributed by atoms with E-state index >= 15 is 0 Å². The third-order valence-corrected chi connectivity index (χ3v) is 4.55. The first kappa shape index (κ1) is 20.0. The fraction of sp³-hybridized carbons (Fsp3) is 0.350. The minimum absolute atomic E-state index is 0.103. The monoisotopic (exact) mass is 374 g/mol. The van der Waals surface area contributed by atoms with E-state index < -0.39 is 10.0 Å². The van der Waals surface area contributed by atoms with Crippen molar-refractivity contribution in [3.05, 3.63) is 59.7 Å². The minimum atomic E-state index is -3.41. The summed E-state index contributed by atoms with van der Waals surface area (Å²) in [5.74, 6) is -0.160. The van der Waals surface area contributed by atoms with E-state index in [0.29, 0.717) is 24.2 Å². The summed E-state index contributed by atoms with van der Waals surface area (Å²) in [6.45, 7) is 6.49. The van der Waals surface area contributed by atoms with Gasteiger partial charge < -0.3 is 5.32 Å². The molecule has 2 N–H and O–H groups in total. The van der Waals surface area contributed by atoms with Crippen LogP contribution in [0.3, 0.4) is 0 Å². The molecule has 0 aromatic heterocycles. The van der Waals surface area contributed by atoms with Crippen LogP contribution in [0.4, 0.5) is 11.4 Å². The van der Waals surface area contributed by atoms with Gasteiger partial charge in [-0.2, -0.15) is 0 Å².